The van der Waals surface area contributed by atoms with Crippen molar-refractivity contribution in [2.45, 2.75) is 33.0 Å². The van der Waals surface area contributed by atoms with E-state index in [4.69, 9.17) is 14.2 Å². The number of carbonyl (C=O) groups excluding carboxylic acids is 1. The van der Waals surface area contributed by atoms with Crippen LogP contribution in [0.25, 0.3) is 17.0 Å². The summed E-state index contributed by atoms with van der Waals surface area (Å²) in [6, 6.07) is 11.0. The maximum Gasteiger partial charge on any atom is 0.413 e. The van der Waals surface area contributed by atoms with Gasteiger partial charge in [-0.3, -0.25) is 5.32 Å². The van der Waals surface area contributed by atoms with E-state index in [9.17, 15) is 4.79 Å². The lowest BCUT2D eigenvalue weighted by Crippen LogP contribution is -2.27. The highest BCUT2D eigenvalue weighted by Crippen LogP contribution is 2.31. The van der Waals surface area contributed by atoms with Gasteiger partial charge in [0, 0.05) is 7.05 Å². The van der Waals surface area contributed by atoms with Crippen molar-refractivity contribution in [3.8, 4) is 17.7 Å². The van der Waals surface area contributed by atoms with Gasteiger partial charge in [0.15, 0.2) is 0 Å². The zero-order valence-electron chi connectivity index (χ0n) is 19.9. The number of fused-ring (bicyclic) bond motifs is 1. The highest BCUT2D eigenvalue weighted by atomic mass is 16.6. The summed E-state index contributed by atoms with van der Waals surface area (Å²) < 4.78 is 20.3. The summed E-state index contributed by atoms with van der Waals surface area (Å²) in [4.78, 5) is 21.1. The highest BCUT2D eigenvalue weighted by Gasteiger charge is 2.21. The number of pyridine rings is 1. The molecular weight excluding hydrogens is 452 g/mol. The molecule has 1 N–H and O–H groups in total. The Morgan fingerprint density at radius 2 is 1.94 bits per heavy atom. The lowest BCUT2D eigenvalue weighted by Gasteiger charge is -2.19. The fourth-order valence-corrected chi connectivity index (χ4v) is 3.20. The van der Waals surface area contributed by atoms with Gasteiger partial charge in [-0.05, 0) is 55.5 Å². The second-order valence-corrected chi connectivity index (χ2v) is 8.49. The first-order chi connectivity index (χ1) is 16.7. The molecular formula is C23H26N8O4. The van der Waals surface area contributed by atoms with E-state index in [1.54, 1.807) is 56.7 Å². The fourth-order valence-electron chi connectivity index (χ4n) is 3.20. The Bertz CT molecular complexity index is 1360. The quantitative estimate of drug-likeness (QED) is 0.378. The van der Waals surface area contributed by atoms with Gasteiger partial charge in [-0.15, -0.1) is 0 Å². The van der Waals surface area contributed by atoms with E-state index in [1.807, 2.05) is 18.2 Å². The van der Waals surface area contributed by atoms with Crippen molar-refractivity contribution in [1.29, 1.82) is 0 Å². The van der Waals surface area contributed by atoms with Crippen LogP contribution in [0.1, 0.15) is 26.5 Å². The molecule has 0 atom stereocenters. The minimum atomic E-state index is -0.618. The molecule has 4 rings (SSSR count). The van der Waals surface area contributed by atoms with Crippen molar-refractivity contribution in [3.63, 3.8) is 0 Å². The Morgan fingerprint density at radius 3 is 2.66 bits per heavy atom. The van der Waals surface area contributed by atoms with Crippen molar-refractivity contribution in [1.82, 2.24) is 34.7 Å². The second kappa shape index (κ2) is 9.79. The van der Waals surface area contributed by atoms with E-state index < -0.39 is 11.7 Å². The number of anilines is 1. The number of tetrazole rings is 1. The topological polar surface area (TPSA) is 131 Å². The molecule has 0 spiro atoms. The molecule has 0 fully saturated rings. The number of rotatable bonds is 8. The Morgan fingerprint density at radius 1 is 1.14 bits per heavy atom. The van der Waals surface area contributed by atoms with Crippen LogP contribution in [0.3, 0.4) is 0 Å². The minimum Gasteiger partial charge on any atom is -0.487 e. The van der Waals surface area contributed by atoms with E-state index in [2.05, 4.69) is 37.4 Å². The number of para-hydroxylation sites is 1. The van der Waals surface area contributed by atoms with Crippen molar-refractivity contribution in [3.05, 3.63) is 54.7 Å². The summed E-state index contributed by atoms with van der Waals surface area (Å²) in [7, 11) is 1.72. The van der Waals surface area contributed by atoms with Gasteiger partial charge in [0.25, 0.3) is 5.95 Å². The average molecular weight is 479 g/mol. The number of carbonyl (C=O) groups is 1. The van der Waals surface area contributed by atoms with Gasteiger partial charge in [-0.1, -0.05) is 29.9 Å². The van der Waals surface area contributed by atoms with E-state index in [0.29, 0.717) is 40.8 Å². The Kier molecular flexibility index (Phi) is 6.62. The molecule has 12 heteroatoms. The molecule has 0 aliphatic heterocycles. The summed E-state index contributed by atoms with van der Waals surface area (Å²) >= 11 is 0. The molecule has 3 aromatic heterocycles. The predicted octanol–water partition coefficient (Wildman–Crippen LogP) is 3.43. The molecule has 0 radical (unpaired) electrons. The monoisotopic (exact) mass is 478 g/mol. The van der Waals surface area contributed by atoms with Crippen molar-refractivity contribution in [2.24, 2.45) is 7.05 Å². The van der Waals surface area contributed by atoms with Crippen LogP contribution in [0.4, 0.5) is 10.6 Å². The summed E-state index contributed by atoms with van der Waals surface area (Å²) in [5.74, 6) is 1.32. The largest absolute Gasteiger partial charge is 0.487 e. The molecule has 12 nitrogen and oxygen atoms in total. The van der Waals surface area contributed by atoms with E-state index in [0.717, 1.165) is 0 Å². The molecule has 0 bridgehead atoms. The highest BCUT2D eigenvalue weighted by molar-refractivity contribution is 5.84. The Balaban J connectivity index is 1.61. The molecule has 35 heavy (non-hydrogen) atoms. The summed E-state index contributed by atoms with van der Waals surface area (Å²) in [5.41, 5.74) is 1.23. The van der Waals surface area contributed by atoms with Crippen LogP contribution < -0.4 is 14.8 Å². The van der Waals surface area contributed by atoms with Crippen molar-refractivity contribution >= 4 is 22.9 Å². The number of ether oxygens (including phenoxy) is 3. The maximum atomic E-state index is 12.1. The fraction of sp³-hybridized carbons (Fsp3) is 0.304. The first-order valence-corrected chi connectivity index (χ1v) is 10.8. The minimum absolute atomic E-state index is 0.0707. The van der Waals surface area contributed by atoms with Crippen LogP contribution in [0.15, 0.2) is 49.1 Å². The number of hydrogen-bond acceptors (Lipinski definition) is 9. The first-order valence-electron chi connectivity index (χ1n) is 10.8. The number of aryl methyl sites for hydroxylation is 1. The van der Waals surface area contributed by atoms with E-state index in [1.165, 1.54) is 4.68 Å². The molecule has 1 aromatic carbocycles. The molecule has 0 unspecified atom stereocenters. The SMILES string of the molecule is C=CCOc1cccc2c1nc(OCc1cccc(NC(=O)OC(C)(C)C)n1)n2-c1nnnn1C. The number of benzene rings is 1. The van der Waals surface area contributed by atoms with Crippen LogP contribution in [-0.2, 0) is 18.4 Å². The van der Waals surface area contributed by atoms with Gasteiger partial charge < -0.3 is 14.2 Å². The van der Waals surface area contributed by atoms with Crippen LogP contribution in [-0.4, -0.2) is 53.0 Å². The summed E-state index contributed by atoms with van der Waals surface area (Å²) in [6.45, 7) is 9.45. The maximum absolute atomic E-state index is 12.1. The van der Waals surface area contributed by atoms with Gasteiger partial charge in [-0.25, -0.2) is 19.0 Å². The van der Waals surface area contributed by atoms with Crippen molar-refractivity contribution in [2.75, 3.05) is 11.9 Å². The molecule has 0 saturated heterocycles. The number of amides is 1. The number of nitrogens with one attached hydrogen (secondary N) is 1. The Labute approximate surface area is 201 Å². The number of hydrogen-bond donors (Lipinski definition) is 1. The van der Waals surface area contributed by atoms with Crippen molar-refractivity contribution < 1.29 is 19.0 Å². The summed E-state index contributed by atoms with van der Waals surface area (Å²) in [6.07, 6.45) is 1.07. The van der Waals surface area contributed by atoms with Gasteiger partial charge in [-0.2, -0.15) is 4.98 Å². The standard InChI is InChI=1S/C23H26N8O4/c1-6-13-33-17-11-8-10-16-19(17)26-21(31(16)20-27-28-29-30(20)5)34-14-15-9-7-12-18(24-15)25-22(32)35-23(2,3)4/h6-12H,1,13-14H2,2-5H3,(H,24,25,32). The number of aromatic nitrogens is 7. The molecule has 182 valence electrons. The van der Waals surface area contributed by atoms with E-state index in [-0.39, 0.29) is 12.6 Å². The zero-order chi connectivity index (χ0) is 25.0. The first kappa shape index (κ1) is 23.7. The third kappa shape index (κ3) is 5.54. The molecule has 1 amide bonds. The van der Waals surface area contributed by atoms with Gasteiger partial charge >= 0.3 is 12.1 Å². The smallest absolute Gasteiger partial charge is 0.413 e. The number of imidazole rings is 1. The molecule has 3 heterocycles. The third-order valence-electron chi connectivity index (χ3n) is 4.56. The summed E-state index contributed by atoms with van der Waals surface area (Å²) in [5, 5.41) is 14.4. The van der Waals surface area contributed by atoms with Gasteiger partial charge in [0.2, 0.25) is 0 Å². The van der Waals surface area contributed by atoms with Crippen LogP contribution in [0.5, 0.6) is 11.8 Å². The average Bonchev–Trinajstić information content (AvgIpc) is 3.37. The van der Waals surface area contributed by atoms with Crippen LogP contribution >= 0.6 is 0 Å². The predicted molar refractivity (Wildman–Crippen MR) is 128 cm³/mol. The molecule has 0 saturated carbocycles. The molecule has 0 aliphatic carbocycles. The van der Waals surface area contributed by atoms with E-state index >= 15 is 0 Å². The normalized spacial score (nSPS) is 11.3. The molecule has 4 aromatic rings. The third-order valence-corrected chi connectivity index (χ3v) is 4.56. The lowest BCUT2D eigenvalue weighted by molar-refractivity contribution is 0.0635. The van der Waals surface area contributed by atoms with Crippen LogP contribution in [0.2, 0.25) is 0 Å². The lowest BCUT2D eigenvalue weighted by atomic mass is 10.2. The van der Waals surface area contributed by atoms with Gasteiger partial charge in [0.1, 0.15) is 35.9 Å². The number of nitrogens with zero attached hydrogens (tertiary/aromatic N) is 7. The Hall–Kier alpha value is -4.48. The van der Waals surface area contributed by atoms with Crippen LogP contribution in [0, 0.1) is 0 Å². The second-order valence-electron chi connectivity index (χ2n) is 8.49. The van der Waals surface area contributed by atoms with Gasteiger partial charge in [0.05, 0.1) is 11.2 Å². The molecule has 0 aliphatic rings. The zero-order valence-corrected chi connectivity index (χ0v) is 19.9.